The molecule has 0 saturated heterocycles. The Bertz CT molecular complexity index is 1110. The van der Waals surface area contributed by atoms with Crippen LogP contribution < -0.4 is 11.1 Å². The van der Waals surface area contributed by atoms with Crippen molar-refractivity contribution in [2.75, 3.05) is 0 Å². The minimum atomic E-state index is -4.16. The Morgan fingerprint density at radius 3 is 2.35 bits per heavy atom. The third-order valence-electron chi connectivity index (χ3n) is 6.55. The first-order valence-electron chi connectivity index (χ1n) is 11.0. The van der Waals surface area contributed by atoms with E-state index in [9.17, 15) is 31.5 Å². The van der Waals surface area contributed by atoms with Gasteiger partial charge in [-0.25, -0.2) is 13.2 Å². The fourth-order valence-electron chi connectivity index (χ4n) is 4.28. The van der Waals surface area contributed by atoms with E-state index in [2.05, 4.69) is 5.32 Å². The fraction of sp³-hybridized carbons (Fsp3) is 0.417. The molecule has 5 nitrogen and oxygen atoms in total. The molecule has 0 bridgehead atoms. The Labute approximate surface area is 193 Å². The molecule has 0 aromatic heterocycles. The summed E-state index contributed by atoms with van der Waals surface area (Å²) < 4.78 is 70.4. The highest BCUT2D eigenvalue weighted by Crippen LogP contribution is 2.36. The highest BCUT2D eigenvalue weighted by Gasteiger charge is 2.45. The Balaban J connectivity index is 1.55. The van der Waals surface area contributed by atoms with Gasteiger partial charge in [-0.1, -0.05) is 24.3 Å². The van der Waals surface area contributed by atoms with E-state index in [1.165, 1.54) is 4.90 Å². The second kappa shape index (κ2) is 9.32. The van der Waals surface area contributed by atoms with Crippen LogP contribution in [0, 0.1) is 17.5 Å². The summed E-state index contributed by atoms with van der Waals surface area (Å²) in [5.41, 5.74) is 5.81. The number of nitrogens with zero attached hydrogens (tertiary/aromatic N) is 1. The number of carbonyl (C=O) groups excluding carboxylic acids is 2. The second-order valence-corrected chi connectivity index (χ2v) is 8.83. The summed E-state index contributed by atoms with van der Waals surface area (Å²) in [4.78, 5) is 27.2. The number of halogens is 5. The highest BCUT2D eigenvalue weighted by molar-refractivity contribution is 5.89. The molecule has 4 rings (SSSR count). The normalized spacial score (nSPS) is 19.2. The fourth-order valence-corrected chi connectivity index (χ4v) is 4.28. The zero-order valence-electron chi connectivity index (χ0n) is 18.2. The van der Waals surface area contributed by atoms with E-state index >= 15 is 0 Å². The predicted octanol–water partition coefficient (Wildman–Crippen LogP) is 3.54. The molecule has 2 aliphatic rings. The lowest BCUT2D eigenvalue weighted by molar-refractivity contribution is -0.144. The van der Waals surface area contributed by atoms with E-state index in [-0.39, 0.29) is 37.0 Å². The number of benzene rings is 2. The maximum Gasteiger partial charge on any atom is 0.291 e. The van der Waals surface area contributed by atoms with E-state index in [4.69, 9.17) is 5.73 Å². The molecular weight excluding hydrogens is 457 g/mol. The van der Waals surface area contributed by atoms with Crippen molar-refractivity contribution in [1.29, 1.82) is 0 Å². The number of carbonyl (C=O) groups is 2. The van der Waals surface area contributed by atoms with Crippen LogP contribution in [0.15, 0.2) is 36.4 Å². The average Bonchev–Trinajstić information content (AvgIpc) is 2.77. The summed E-state index contributed by atoms with van der Waals surface area (Å²) in [6.07, 6.45) is 1.94. The Morgan fingerprint density at radius 2 is 1.71 bits per heavy atom. The zero-order chi connectivity index (χ0) is 24.6. The quantitative estimate of drug-likeness (QED) is 0.490. The molecule has 2 amide bonds. The van der Waals surface area contributed by atoms with Crippen molar-refractivity contribution in [2.45, 2.75) is 62.7 Å². The molecule has 2 atom stereocenters. The summed E-state index contributed by atoms with van der Waals surface area (Å²) in [6.45, 7) is 0.0234. The lowest BCUT2D eigenvalue weighted by Crippen LogP contribution is -2.56. The molecule has 182 valence electrons. The van der Waals surface area contributed by atoms with Gasteiger partial charge in [-0.3, -0.25) is 9.59 Å². The Hall–Kier alpha value is -3.01. The minimum absolute atomic E-state index is 0.00943. The van der Waals surface area contributed by atoms with Crippen LogP contribution in [0.5, 0.6) is 0 Å². The maximum absolute atomic E-state index is 14.9. The molecule has 1 fully saturated rings. The molecule has 0 unspecified atom stereocenters. The number of fused-ring (bicyclic) bond motifs is 1. The predicted molar refractivity (Wildman–Crippen MR) is 113 cm³/mol. The van der Waals surface area contributed by atoms with E-state index in [0.29, 0.717) is 0 Å². The summed E-state index contributed by atoms with van der Waals surface area (Å²) in [5, 5.41) is 2.89. The molecular formula is C24H24F5N3O2. The number of nitrogens with two attached hydrogens (primary N) is 1. The van der Waals surface area contributed by atoms with Gasteiger partial charge in [-0.2, -0.15) is 8.78 Å². The molecule has 0 spiro atoms. The molecule has 0 radical (unpaired) electrons. The number of hydrogen-bond acceptors (Lipinski definition) is 3. The van der Waals surface area contributed by atoms with Crippen LogP contribution in [0.25, 0.3) is 0 Å². The van der Waals surface area contributed by atoms with Crippen LogP contribution >= 0.6 is 0 Å². The van der Waals surface area contributed by atoms with Crippen LogP contribution in [0.3, 0.4) is 0 Å². The number of hydrogen-bond donors (Lipinski definition) is 2. The van der Waals surface area contributed by atoms with Crippen LogP contribution in [-0.4, -0.2) is 34.8 Å². The third-order valence-corrected chi connectivity index (χ3v) is 6.55. The van der Waals surface area contributed by atoms with Crippen LogP contribution in [0.4, 0.5) is 22.0 Å². The molecule has 1 aliphatic heterocycles. The summed E-state index contributed by atoms with van der Waals surface area (Å²) >= 11 is 0. The minimum Gasteiger partial charge on any atom is -0.352 e. The smallest absolute Gasteiger partial charge is 0.291 e. The molecule has 1 saturated carbocycles. The molecule has 10 heteroatoms. The lowest BCUT2D eigenvalue weighted by Gasteiger charge is -2.38. The van der Waals surface area contributed by atoms with Gasteiger partial charge >= 0.3 is 0 Å². The summed E-state index contributed by atoms with van der Waals surface area (Å²) in [7, 11) is 0. The van der Waals surface area contributed by atoms with Crippen molar-refractivity contribution in [3.8, 4) is 0 Å². The van der Waals surface area contributed by atoms with Crippen molar-refractivity contribution >= 4 is 11.8 Å². The first kappa shape index (κ1) is 24.1. The van der Waals surface area contributed by atoms with Crippen LogP contribution in [0.1, 0.15) is 42.4 Å². The number of alkyl halides is 2. The van der Waals surface area contributed by atoms with E-state index in [1.54, 1.807) is 12.1 Å². The topological polar surface area (TPSA) is 75.4 Å². The number of rotatable bonds is 6. The Kier molecular flexibility index (Phi) is 6.62. The van der Waals surface area contributed by atoms with Gasteiger partial charge in [0.05, 0.1) is 11.6 Å². The highest BCUT2D eigenvalue weighted by atomic mass is 19.3. The van der Waals surface area contributed by atoms with Gasteiger partial charge in [-0.05, 0) is 36.5 Å². The van der Waals surface area contributed by atoms with E-state index < -0.39 is 53.3 Å². The van der Waals surface area contributed by atoms with Crippen molar-refractivity contribution < 1.29 is 31.5 Å². The van der Waals surface area contributed by atoms with Crippen molar-refractivity contribution in [1.82, 2.24) is 10.2 Å². The molecule has 3 N–H and O–H groups in total. The van der Waals surface area contributed by atoms with Gasteiger partial charge in [-0.15, -0.1) is 0 Å². The average molecular weight is 481 g/mol. The van der Waals surface area contributed by atoms with Crippen LogP contribution in [0.2, 0.25) is 0 Å². The number of nitrogens with one attached hydrogen (secondary N) is 1. The van der Waals surface area contributed by atoms with Crippen molar-refractivity contribution in [2.24, 2.45) is 5.73 Å². The van der Waals surface area contributed by atoms with E-state index in [1.807, 2.05) is 12.1 Å². The van der Waals surface area contributed by atoms with Gasteiger partial charge in [0.15, 0.2) is 11.6 Å². The summed E-state index contributed by atoms with van der Waals surface area (Å²) in [6, 6.07) is 4.12. The Morgan fingerprint density at radius 1 is 1.06 bits per heavy atom. The first-order chi connectivity index (χ1) is 16.1. The maximum atomic E-state index is 14.9. The molecule has 1 heterocycles. The van der Waals surface area contributed by atoms with Gasteiger partial charge in [0.2, 0.25) is 11.8 Å². The lowest BCUT2D eigenvalue weighted by atomic mass is 9.90. The van der Waals surface area contributed by atoms with Crippen LogP contribution in [-0.2, 0) is 28.5 Å². The van der Waals surface area contributed by atoms with Crippen molar-refractivity contribution in [3.05, 3.63) is 70.5 Å². The summed E-state index contributed by atoms with van der Waals surface area (Å²) in [5.74, 6) is -10.3. The zero-order valence-corrected chi connectivity index (χ0v) is 18.2. The molecule has 2 aromatic carbocycles. The molecule has 34 heavy (non-hydrogen) atoms. The molecule has 2 aromatic rings. The van der Waals surface area contributed by atoms with Gasteiger partial charge in [0, 0.05) is 31.5 Å². The van der Waals surface area contributed by atoms with Crippen molar-refractivity contribution in [3.63, 3.8) is 0 Å². The van der Waals surface area contributed by atoms with Gasteiger partial charge in [0.25, 0.3) is 5.92 Å². The van der Waals surface area contributed by atoms with Gasteiger partial charge in [0.1, 0.15) is 11.9 Å². The number of amides is 2. The first-order valence-corrected chi connectivity index (χ1v) is 11.0. The molecule has 1 aliphatic carbocycles. The second-order valence-electron chi connectivity index (χ2n) is 8.83. The monoisotopic (exact) mass is 481 g/mol. The third kappa shape index (κ3) is 4.64. The van der Waals surface area contributed by atoms with E-state index in [0.717, 1.165) is 30.4 Å². The SMILES string of the molecule is N[C@@H](CC(=O)N1Cc2ccccc2C[C@H]1C(=O)NC1CCC1)C(F)(F)c1cc(F)c(F)cc1F. The van der Waals surface area contributed by atoms with Gasteiger partial charge < -0.3 is 16.0 Å². The standard InChI is InChI=1S/C24H24F5N3O2/c25-17-10-19(27)18(26)9-16(17)24(28,29)21(30)11-22(33)32-12-14-5-2-1-4-13(14)8-20(32)23(34)31-15-6-3-7-15/h1-2,4-5,9-10,15,20-21H,3,6-8,11-12,30H2,(H,31,34)/t20-,21-/m0/s1. The largest absolute Gasteiger partial charge is 0.352 e.